The van der Waals surface area contributed by atoms with Gasteiger partial charge in [0, 0.05) is 31.0 Å². The number of aromatic nitrogens is 3. The first-order chi connectivity index (χ1) is 15.1. The third kappa shape index (κ3) is 4.61. The molecule has 4 aromatic rings. The molecule has 2 aromatic heterocycles. The van der Waals surface area contributed by atoms with Gasteiger partial charge in [0.05, 0.1) is 18.3 Å². The minimum atomic E-state index is -3.86. The molecule has 160 valence electrons. The lowest BCUT2D eigenvalue weighted by Gasteiger charge is -2.06. The zero-order valence-electron chi connectivity index (χ0n) is 16.9. The molecule has 8 nitrogen and oxygen atoms in total. The summed E-state index contributed by atoms with van der Waals surface area (Å²) in [5, 5.41) is 2.97. The van der Waals surface area contributed by atoms with Crippen molar-refractivity contribution in [2.75, 3.05) is 19.0 Å². The summed E-state index contributed by atoms with van der Waals surface area (Å²) < 4.78 is 39.4. The second-order valence-electron chi connectivity index (χ2n) is 6.78. The van der Waals surface area contributed by atoms with Crippen molar-refractivity contribution in [2.45, 2.75) is 22.9 Å². The Morgan fingerprint density at radius 3 is 2.55 bits per heavy atom. The highest BCUT2D eigenvalue weighted by Gasteiger charge is 2.28. The van der Waals surface area contributed by atoms with Gasteiger partial charge in [-0.15, -0.1) is 0 Å². The van der Waals surface area contributed by atoms with Gasteiger partial charge in [-0.1, -0.05) is 18.2 Å². The monoisotopic (exact) mass is 438 g/mol. The molecule has 2 heterocycles. The Morgan fingerprint density at radius 1 is 1.10 bits per heavy atom. The topological polar surface area (TPSA) is 99.2 Å². The van der Waals surface area contributed by atoms with E-state index in [2.05, 4.69) is 15.3 Å². The van der Waals surface area contributed by atoms with E-state index in [1.807, 2.05) is 10.8 Å². The minimum absolute atomic E-state index is 0.125. The number of oxazole rings is 1. The van der Waals surface area contributed by atoms with Crippen molar-refractivity contribution in [1.82, 2.24) is 14.5 Å². The van der Waals surface area contributed by atoms with Crippen molar-refractivity contribution in [2.24, 2.45) is 0 Å². The molecule has 0 bridgehead atoms. The van der Waals surface area contributed by atoms with E-state index in [0.29, 0.717) is 17.9 Å². The quantitative estimate of drug-likeness (QED) is 0.396. The van der Waals surface area contributed by atoms with Gasteiger partial charge in [0.2, 0.25) is 26.6 Å². The molecule has 4 rings (SSSR count). The molecular weight excluding hydrogens is 416 g/mol. The number of nitrogens with zero attached hydrogens (tertiary/aromatic N) is 3. The summed E-state index contributed by atoms with van der Waals surface area (Å²) in [5.41, 5.74) is 0.650. The molecule has 0 aliphatic heterocycles. The lowest BCUT2D eigenvalue weighted by Crippen LogP contribution is -2.09. The Balaban J connectivity index is 1.63. The summed E-state index contributed by atoms with van der Waals surface area (Å²) in [6, 6.07) is 15.3. The van der Waals surface area contributed by atoms with Crippen LogP contribution in [0.25, 0.3) is 11.5 Å². The number of hydrogen-bond donors (Lipinski definition) is 1. The third-order valence-electron chi connectivity index (χ3n) is 4.68. The van der Waals surface area contributed by atoms with Gasteiger partial charge in [-0.3, -0.25) is 0 Å². The molecule has 0 saturated heterocycles. The van der Waals surface area contributed by atoms with Crippen LogP contribution in [0.5, 0.6) is 5.75 Å². The molecule has 0 saturated carbocycles. The number of benzene rings is 2. The van der Waals surface area contributed by atoms with Crippen molar-refractivity contribution < 1.29 is 17.6 Å². The van der Waals surface area contributed by atoms with Crippen LogP contribution in [0, 0.1) is 0 Å². The number of ether oxygens (including phenoxy) is 1. The Hall–Kier alpha value is -3.59. The van der Waals surface area contributed by atoms with Gasteiger partial charge in [-0.2, -0.15) is 4.98 Å². The predicted molar refractivity (Wildman–Crippen MR) is 116 cm³/mol. The lowest BCUT2D eigenvalue weighted by molar-refractivity contribution is 0.415. The van der Waals surface area contributed by atoms with Crippen molar-refractivity contribution in [3.63, 3.8) is 0 Å². The molecule has 0 fully saturated rings. The van der Waals surface area contributed by atoms with Crippen LogP contribution >= 0.6 is 0 Å². The van der Waals surface area contributed by atoms with E-state index in [0.717, 1.165) is 13.0 Å². The van der Waals surface area contributed by atoms with Crippen LogP contribution in [0.1, 0.15) is 6.42 Å². The van der Waals surface area contributed by atoms with E-state index in [1.165, 1.54) is 0 Å². The fourth-order valence-electron chi connectivity index (χ4n) is 3.05. The Labute approximate surface area is 180 Å². The Morgan fingerprint density at radius 2 is 1.87 bits per heavy atom. The number of rotatable bonds is 9. The summed E-state index contributed by atoms with van der Waals surface area (Å²) in [7, 11) is -2.28. The second-order valence-corrected chi connectivity index (χ2v) is 8.64. The summed E-state index contributed by atoms with van der Waals surface area (Å²) in [4.78, 5) is 8.51. The molecule has 9 heteroatoms. The van der Waals surface area contributed by atoms with Gasteiger partial charge in [-0.25, -0.2) is 13.4 Å². The SMILES string of the molecule is COc1ccc(-c2nc(S(=O)(=O)c3ccccc3)c(NCCCn3ccnc3)o2)cc1. The van der Waals surface area contributed by atoms with E-state index in [9.17, 15) is 8.42 Å². The maximum absolute atomic E-state index is 13.2. The first kappa shape index (κ1) is 20.7. The maximum Gasteiger partial charge on any atom is 0.233 e. The van der Waals surface area contributed by atoms with Crippen LogP contribution < -0.4 is 10.1 Å². The molecule has 0 atom stereocenters. The molecule has 0 spiro atoms. The number of sulfone groups is 1. The number of aryl methyl sites for hydroxylation is 1. The molecular formula is C22H22N4O4S. The number of hydrogen-bond acceptors (Lipinski definition) is 7. The van der Waals surface area contributed by atoms with E-state index in [4.69, 9.17) is 9.15 Å². The average Bonchev–Trinajstić information content (AvgIpc) is 3.48. The number of nitrogens with one attached hydrogen (secondary N) is 1. The molecule has 0 unspecified atom stereocenters. The van der Waals surface area contributed by atoms with E-state index >= 15 is 0 Å². The van der Waals surface area contributed by atoms with E-state index in [1.54, 1.807) is 74.2 Å². The highest BCUT2D eigenvalue weighted by Crippen LogP contribution is 2.32. The first-order valence-corrected chi connectivity index (χ1v) is 11.2. The Bertz CT molecular complexity index is 1220. The van der Waals surface area contributed by atoms with Crippen LogP contribution in [0.15, 0.2) is 87.7 Å². The molecule has 0 aliphatic rings. The first-order valence-electron chi connectivity index (χ1n) is 9.73. The number of methoxy groups -OCH3 is 1. The molecule has 0 radical (unpaired) electrons. The van der Waals surface area contributed by atoms with Crippen molar-refractivity contribution in [3.05, 3.63) is 73.3 Å². The summed E-state index contributed by atoms with van der Waals surface area (Å²) in [6.45, 7) is 1.25. The van der Waals surface area contributed by atoms with E-state index < -0.39 is 9.84 Å². The molecule has 0 amide bonds. The van der Waals surface area contributed by atoms with Crippen LogP contribution in [-0.4, -0.2) is 36.6 Å². The third-order valence-corrected chi connectivity index (χ3v) is 6.36. The van der Waals surface area contributed by atoms with Gasteiger partial charge in [-0.05, 0) is 42.8 Å². The van der Waals surface area contributed by atoms with Crippen LogP contribution in [0.2, 0.25) is 0 Å². The van der Waals surface area contributed by atoms with Gasteiger partial charge < -0.3 is 19.0 Å². The normalized spacial score (nSPS) is 11.4. The highest BCUT2D eigenvalue weighted by molar-refractivity contribution is 7.91. The lowest BCUT2D eigenvalue weighted by atomic mass is 10.2. The zero-order chi connectivity index (χ0) is 21.7. The van der Waals surface area contributed by atoms with Crippen molar-refractivity contribution in [3.8, 4) is 17.2 Å². The summed E-state index contributed by atoms with van der Waals surface area (Å²) in [6.07, 6.45) is 6.08. The van der Waals surface area contributed by atoms with Crippen LogP contribution in [0.3, 0.4) is 0 Å². The maximum atomic E-state index is 13.2. The molecule has 31 heavy (non-hydrogen) atoms. The average molecular weight is 439 g/mol. The fraction of sp³-hybridized carbons (Fsp3) is 0.182. The summed E-state index contributed by atoms with van der Waals surface area (Å²) >= 11 is 0. The van der Waals surface area contributed by atoms with Crippen molar-refractivity contribution >= 4 is 15.7 Å². The molecule has 2 aromatic carbocycles. The molecule has 0 aliphatic carbocycles. The van der Waals surface area contributed by atoms with Gasteiger partial charge in [0.1, 0.15) is 5.75 Å². The number of imidazole rings is 1. The molecule has 1 N–H and O–H groups in total. The minimum Gasteiger partial charge on any atom is -0.497 e. The van der Waals surface area contributed by atoms with Gasteiger partial charge >= 0.3 is 0 Å². The summed E-state index contributed by atoms with van der Waals surface area (Å²) in [5.74, 6) is 1.03. The van der Waals surface area contributed by atoms with Crippen molar-refractivity contribution in [1.29, 1.82) is 0 Å². The number of anilines is 1. The van der Waals surface area contributed by atoms with Crippen LogP contribution in [-0.2, 0) is 16.4 Å². The fourth-order valence-corrected chi connectivity index (χ4v) is 4.35. The second kappa shape index (κ2) is 9.05. The van der Waals surface area contributed by atoms with Crippen LogP contribution in [0.4, 0.5) is 5.88 Å². The Kier molecular flexibility index (Phi) is 6.03. The standard InChI is InChI=1S/C22H22N4O4S/c1-29-18-10-8-17(9-11-18)20-25-22(31(27,28)19-6-3-2-4-7-19)21(30-20)24-12-5-14-26-15-13-23-16-26/h2-4,6-11,13,15-16,24H,5,12,14H2,1H3. The van der Waals surface area contributed by atoms with Gasteiger partial charge in [0.25, 0.3) is 0 Å². The highest BCUT2D eigenvalue weighted by atomic mass is 32.2. The van der Waals surface area contributed by atoms with Gasteiger partial charge in [0.15, 0.2) is 0 Å². The van der Waals surface area contributed by atoms with E-state index in [-0.39, 0.29) is 21.7 Å². The predicted octanol–water partition coefficient (Wildman–Crippen LogP) is 3.88. The zero-order valence-corrected chi connectivity index (χ0v) is 17.7. The smallest absolute Gasteiger partial charge is 0.233 e. The largest absolute Gasteiger partial charge is 0.497 e.